The summed E-state index contributed by atoms with van der Waals surface area (Å²) in [6.45, 7) is 10.7. The molecule has 0 aliphatic carbocycles. The molecule has 4 heteroatoms. The SMILES string of the molecule is Cc1ccc(-c2csc(N3[C@@H]4CC[C@H]3COC4)n2)c(C(C)C)c1C. The molecule has 2 aliphatic rings. The summed E-state index contributed by atoms with van der Waals surface area (Å²) in [4.78, 5) is 7.57. The number of aromatic nitrogens is 1. The Kier molecular flexibility index (Phi) is 4.13. The number of benzene rings is 1. The minimum atomic E-state index is 0.504. The highest BCUT2D eigenvalue weighted by molar-refractivity contribution is 7.14. The van der Waals surface area contributed by atoms with Gasteiger partial charge in [-0.3, -0.25) is 0 Å². The Labute approximate surface area is 148 Å². The van der Waals surface area contributed by atoms with Crippen molar-refractivity contribution in [2.75, 3.05) is 18.1 Å². The molecule has 0 saturated carbocycles. The Balaban J connectivity index is 1.72. The van der Waals surface area contributed by atoms with Crippen molar-refractivity contribution in [2.45, 2.75) is 58.5 Å². The van der Waals surface area contributed by atoms with Gasteiger partial charge in [-0.2, -0.15) is 0 Å². The summed E-state index contributed by atoms with van der Waals surface area (Å²) in [5.74, 6) is 0.504. The van der Waals surface area contributed by atoms with Crippen LogP contribution in [0.4, 0.5) is 5.13 Å². The lowest BCUT2D eigenvalue weighted by molar-refractivity contribution is 0.0906. The fraction of sp³-hybridized carbons (Fsp3) is 0.550. The second-order valence-electron chi connectivity index (χ2n) is 7.47. The first-order valence-corrected chi connectivity index (χ1v) is 9.86. The molecule has 0 N–H and O–H groups in total. The van der Waals surface area contributed by atoms with Crippen LogP contribution in [0.25, 0.3) is 11.3 Å². The van der Waals surface area contributed by atoms with Gasteiger partial charge >= 0.3 is 0 Å². The van der Waals surface area contributed by atoms with Crippen LogP contribution in [0.3, 0.4) is 0 Å². The van der Waals surface area contributed by atoms with Crippen LogP contribution in [0.15, 0.2) is 17.5 Å². The number of thiazole rings is 1. The molecule has 128 valence electrons. The zero-order valence-corrected chi connectivity index (χ0v) is 15.8. The Bertz CT molecular complexity index is 736. The third-order valence-electron chi connectivity index (χ3n) is 5.59. The minimum Gasteiger partial charge on any atom is -0.377 e. The molecule has 4 rings (SSSR count). The van der Waals surface area contributed by atoms with Crippen molar-refractivity contribution < 1.29 is 4.74 Å². The largest absolute Gasteiger partial charge is 0.377 e. The van der Waals surface area contributed by atoms with Crippen LogP contribution in [0, 0.1) is 13.8 Å². The Morgan fingerprint density at radius 2 is 1.88 bits per heavy atom. The fourth-order valence-electron chi connectivity index (χ4n) is 4.25. The molecule has 2 aromatic rings. The Hall–Kier alpha value is -1.39. The van der Waals surface area contributed by atoms with E-state index in [0.717, 1.165) is 18.9 Å². The van der Waals surface area contributed by atoms with Crippen LogP contribution in [0.5, 0.6) is 0 Å². The number of aryl methyl sites for hydroxylation is 1. The number of anilines is 1. The van der Waals surface area contributed by atoms with Crippen LogP contribution in [-0.4, -0.2) is 30.3 Å². The van der Waals surface area contributed by atoms with Gasteiger partial charge in [0.25, 0.3) is 0 Å². The summed E-state index contributed by atoms with van der Waals surface area (Å²) < 4.78 is 5.71. The monoisotopic (exact) mass is 342 g/mol. The van der Waals surface area contributed by atoms with E-state index in [2.05, 4.69) is 50.1 Å². The van der Waals surface area contributed by atoms with Crippen molar-refractivity contribution in [1.29, 1.82) is 0 Å². The molecular weight excluding hydrogens is 316 g/mol. The molecule has 0 radical (unpaired) electrons. The first-order chi connectivity index (χ1) is 11.6. The molecule has 2 saturated heterocycles. The quantitative estimate of drug-likeness (QED) is 0.792. The predicted octanol–water partition coefficient (Wildman–Crippen LogP) is 4.92. The second-order valence-corrected chi connectivity index (χ2v) is 8.30. The highest BCUT2D eigenvalue weighted by Crippen LogP contribution is 2.39. The van der Waals surface area contributed by atoms with Gasteiger partial charge in [-0.25, -0.2) is 4.98 Å². The molecule has 0 amide bonds. The van der Waals surface area contributed by atoms with E-state index in [9.17, 15) is 0 Å². The highest BCUT2D eigenvalue weighted by Gasteiger charge is 2.38. The van der Waals surface area contributed by atoms with Gasteiger partial charge in [-0.1, -0.05) is 26.0 Å². The maximum absolute atomic E-state index is 5.71. The van der Waals surface area contributed by atoms with Crippen LogP contribution in [0.1, 0.15) is 49.3 Å². The van der Waals surface area contributed by atoms with E-state index < -0.39 is 0 Å². The molecule has 2 atom stereocenters. The summed E-state index contributed by atoms with van der Waals surface area (Å²) in [6, 6.07) is 5.53. The van der Waals surface area contributed by atoms with E-state index in [4.69, 9.17) is 9.72 Å². The third-order valence-corrected chi connectivity index (χ3v) is 6.45. The highest BCUT2D eigenvalue weighted by atomic mass is 32.1. The number of fused-ring (bicyclic) bond motifs is 2. The van der Waals surface area contributed by atoms with E-state index in [-0.39, 0.29) is 0 Å². The number of ether oxygens (including phenoxy) is 1. The lowest BCUT2D eigenvalue weighted by atomic mass is 9.89. The zero-order valence-electron chi connectivity index (χ0n) is 15.0. The minimum absolute atomic E-state index is 0.504. The topological polar surface area (TPSA) is 25.4 Å². The van der Waals surface area contributed by atoms with Crippen molar-refractivity contribution >= 4 is 16.5 Å². The first kappa shape index (κ1) is 16.1. The maximum Gasteiger partial charge on any atom is 0.186 e. The molecule has 2 fully saturated rings. The molecule has 2 bridgehead atoms. The average Bonchev–Trinajstić information content (AvgIpc) is 3.11. The first-order valence-electron chi connectivity index (χ1n) is 8.98. The van der Waals surface area contributed by atoms with E-state index >= 15 is 0 Å². The third kappa shape index (κ3) is 2.56. The van der Waals surface area contributed by atoms with Gasteiger partial charge in [0.05, 0.1) is 31.0 Å². The predicted molar refractivity (Wildman–Crippen MR) is 101 cm³/mol. The van der Waals surface area contributed by atoms with Crippen molar-refractivity contribution in [1.82, 2.24) is 4.98 Å². The molecule has 1 aromatic carbocycles. The second kappa shape index (κ2) is 6.16. The Morgan fingerprint density at radius 3 is 2.54 bits per heavy atom. The van der Waals surface area contributed by atoms with Crippen LogP contribution < -0.4 is 4.90 Å². The molecule has 3 nitrogen and oxygen atoms in total. The van der Waals surface area contributed by atoms with Gasteiger partial charge < -0.3 is 9.64 Å². The van der Waals surface area contributed by atoms with Crippen molar-refractivity contribution in [3.05, 3.63) is 34.2 Å². The molecular formula is C20H26N2OS. The lowest BCUT2D eigenvalue weighted by Crippen LogP contribution is -2.45. The smallest absolute Gasteiger partial charge is 0.186 e. The fourth-order valence-corrected chi connectivity index (χ4v) is 5.22. The van der Waals surface area contributed by atoms with Crippen LogP contribution in [0.2, 0.25) is 0 Å². The molecule has 0 unspecified atom stereocenters. The van der Waals surface area contributed by atoms with Crippen molar-refractivity contribution in [3.63, 3.8) is 0 Å². The number of hydrogen-bond acceptors (Lipinski definition) is 4. The average molecular weight is 343 g/mol. The van der Waals surface area contributed by atoms with Crippen molar-refractivity contribution in [3.8, 4) is 11.3 Å². The zero-order chi connectivity index (χ0) is 16.8. The summed E-state index contributed by atoms with van der Waals surface area (Å²) in [7, 11) is 0. The molecule has 3 heterocycles. The number of hydrogen-bond donors (Lipinski definition) is 0. The van der Waals surface area contributed by atoms with Gasteiger partial charge in [0.15, 0.2) is 5.13 Å². The summed E-state index contributed by atoms with van der Waals surface area (Å²) in [6.07, 6.45) is 2.47. The van der Waals surface area contributed by atoms with Crippen LogP contribution in [-0.2, 0) is 4.74 Å². The lowest BCUT2D eigenvalue weighted by Gasteiger charge is -2.34. The van der Waals surface area contributed by atoms with Gasteiger partial charge in [0, 0.05) is 10.9 Å². The summed E-state index contributed by atoms with van der Waals surface area (Å²) in [5.41, 5.74) is 6.65. The van der Waals surface area contributed by atoms with Gasteiger partial charge in [0.1, 0.15) is 0 Å². The van der Waals surface area contributed by atoms with E-state index in [1.54, 1.807) is 11.3 Å². The van der Waals surface area contributed by atoms with Gasteiger partial charge in [0.2, 0.25) is 0 Å². The normalized spacial score (nSPS) is 23.3. The van der Waals surface area contributed by atoms with E-state index in [1.807, 2.05) is 0 Å². The van der Waals surface area contributed by atoms with Crippen molar-refractivity contribution in [2.24, 2.45) is 0 Å². The summed E-state index contributed by atoms with van der Waals surface area (Å²) in [5, 5.41) is 3.41. The Morgan fingerprint density at radius 1 is 1.17 bits per heavy atom. The van der Waals surface area contributed by atoms with Gasteiger partial charge in [-0.05, 0) is 49.3 Å². The molecule has 0 spiro atoms. The number of morpholine rings is 1. The molecule has 2 aliphatic heterocycles. The maximum atomic E-state index is 5.71. The van der Waals surface area contributed by atoms with Crippen LogP contribution >= 0.6 is 11.3 Å². The molecule has 1 aromatic heterocycles. The van der Waals surface area contributed by atoms with E-state index in [0.29, 0.717) is 18.0 Å². The molecule has 24 heavy (non-hydrogen) atoms. The summed E-state index contributed by atoms with van der Waals surface area (Å²) >= 11 is 1.79. The van der Waals surface area contributed by atoms with E-state index in [1.165, 1.54) is 40.2 Å². The number of rotatable bonds is 3. The van der Waals surface area contributed by atoms with Gasteiger partial charge in [-0.15, -0.1) is 11.3 Å². The number of nitrogens with zero attached hydrogens (tertiary/aromatic N) is 2. The standard InChI is InChI=1S/C20H26N2OS/c1-12(2)19-14(4)13(3)5-8-17(19)18-11-24-20(21-18)22-15-6-7-16(22)10-23-9-15/h5,8,11-12,15-16H,6-7,9-10H2,1-4H3/t15-,16+.